The summed E-state index contributed by atoms with van der Waals surface area (Å²) >= 11 is 1.64. The molecule has 0 saturated heterocycles. The van der Waals surface area contributed by atoms with E-state index < -0.39 is 0 Å². The van der Waals surface area contributed by atoms with Gasteiger partial charge in [-0.3, -0.25) is 4.79 Å². The number of fused-ring (bicyclic) bond motifs is 1. The molecule has 1 aromatic carbocycles. The maximum Gasteiger partial charge on any atom is 0.259 e. The van der Waals surface area contributed by atoms with Gasteiger partial charge in [0.25, 0.3) is 5.91 Å². The van der Waals surface area contributed by atoms with Crippen LogP contribution in [0.1, 0.15) is 28.4 Å². The van der Waals surface area contributed by atoms with E-state index in [-0.39, 0.29) is 5.91 Å². The Kier molecular flexibility index (Phi) is 4.73. The summed E-state index contributed by atoms with van der Waals surface area (Å²) in [6.45, 7) is 2.68. The van der Waals surface area contributed by atoms with Gasteiger partial charge in [-0.2, -0.15) is 5.10 Å². The summed E-state index contributed by atoms with van der Waals surface area (Å²) in [6, 6.07) is 14.3. The molecule has 0 saturated carbocycles. The fourth-order valence-corrected chi connectivity index (χ4v) is 3.82. The molecular formula is C21H20N4OS. The molecule has 0 aliphatic rings. The third kappa shape index (κ3) is 3.36. The van der Waals surface area contributed by atoms with Crippen LogP contribution in [0, 0.1) is 0 Å². The molecule has 4 aromatic rings. The molecule has 136 valence electrons. The van der Waals surface area contributed by atoms with Crippen LogP contribution in [0.3, 0.4) is 0 Å². The third-order valence-corrected chi connectivity index (χ3v) is 5.50. The first kappa shape index (κ1) is 17.4. The number of hydrogen-bond donors (Lipinski definition) is 0. The Morgan fingerprint density at radius 1 is 1.15 bits per heavy atom. The smallest absolute Gasteiger partial charge is 0.259 e. The molecule has 6 heteroatoms. The van der Waals surface area contributed by atoms with Crippen molar-refractivity contribution in [1.82, 2.24) is 19.5 Å². The van der Waals surface area contributed by atoms with Gasteiger partial charge in [0.2, 0.25) is 0 Å². The fraction of sp³-hybridized carbons (Fsp3) is 0.190. The summed E-state index contributed by atoms with van der Waals surface area (Å²) in [4.78, 5) is 20.2. The Bertz CT molecular complexity index is 1070. The molecule has 0 aliphatic heterocycles. The van der Waals surface area contributed by atoms with Crippen LogP contribution in [-0.4, -0.2) is 32.5 Å². The van der Waals surface area contributed by atoms with Gasteiger partial charge in [0, 0.05) is 19.8 Å². The highest BCUT2D eigenvalue weighted by atomic mass is 32.1. The minimum Gasteiger partial charge on any atom is -0.337 e. The number of nitrogens with zero attached hydrogens (tertiary/aromatic N) is 4. The van der Waals surface area contributed by atoms with Gasteiger partial charge in [-0.1, -0.05) is 37.3 Å². The van der Waals surface area contributed by atoms with Gasteiger partial charge in [0.15, 0.2) is 5.65 Å². The van der Waals surface area contributed by atoms with E-state index >= 15 is 0 Å². The van der Waals surface area contributed by atoms with Gasteiger partial charge in [-0.25, -0.2) is 9.50 Å². The highest BCUT2D eigenvalue weighted by molar-refractivity contribution is 7.13. The summed E-state index contributed by atoms with van der Waals surface area (Å²) in [5, 5.41) is 6.44. The summed E-state index contributed by atoms with van der Waals surface area (Å²) in [5.41, 5.74) is 4.43. The van der Waals surface area contributed by atoms with Crippen molar-refractivity contribution in [2.45, 2.75) is 19.9 Å². The molecular weight excluding hydrogens is 356 g/mol. The van der Waals surface area contributed by atoms with Gasteiger partial charge in [-0.05, 0) is 35.1 Å². The first-order valence-electron chi connectivity index (χ1n) is 8.87. The Hall–Kier alpha value is -2.99. The fourth-order valence-electron chi connectivity index (χ4n) is 3.08. The molecule has 3 aromatic heterocycles. The summed E-state index contributed by atoms with van der Waals surface area (Å²) < 4.78 is 1.74. The second-order valence-electron chi connectivity index (χ2n) is 6.43. The standard InChI is InChI=1S/C21H20N4OS/c1-3-15-6-8-16(9-7-15)14-24(2)21(26)17-13-23-25-18(10-11-22-20(17)25)19-5-4-12-27-19/h4-13H,3,14H2,1-2H3. The van der Waals surface area contributed by atoms with E-state index in [2.05, 4.69) is 41.3 Å². The lowest BCUT2D eigenvalue weighted by molar-refractivity contribution is 0.0787. The zero-order chi connectivity index (χ0) is 18.8. The zero-order valence-corrected chi connectivity index (χ0v) is 16.1. The van der Waals surface area contributed by atoms with Crippen LogP contribution >= 0.6 is 11.3 Å². The monoisotopic (exact) mass is 376 g/mol. The number of amides is 1. The first-order chi connectivity index (χ1) is 13.2. The molecule has 0 N–H and O–H groups in total. The quantitative estimate of drug-likeness (QED) is 0.522. The number of rotatable bonds is 5. The molecule has 0 atom stereocenters. The molecule has 5 nitrogen and oxygen atoms in total. The van der Waals surface area contributed by atoms with Gasteiger partial charge in [-0.15, -0.1) is 11.3 Å². The molecule has 3 heterocycles. The lowest BCUT2D eigenvalue weighted by atomic mass is 10.1. The van der Waals surface area contributed by atoms with Gasteiger partial charge < -0.3 is 4.90 Å². The van der Waals surface area contributed by atoms with Crippen LogP contribution in [0.5, 0.6) is 0 Å². The van der Waals surface area contributed by atoms with E-state index in [4.69, 9.17) is 0 Å². The number of aromatic nitrogens is 3. The van der Waals surface area contributed by atoms with Crippen molar-refractivity contribution in [2.24, 2.45) is 0 Å². The number of benzene rings is 1. The molecule has 1 amide bonds. The lowest BCUT2D eigenvalue weighted by Gasteiger charge is -2.16. The van der Waals surface area contributed by atoms with Crippen LogP contribution in [0.4, 0.5) is 0 Å². The molecule has 0 aliphatic carbocycles. The van der Waals surface area contributed by atoms with Crippen LogP contribution in [0.15, 0.2) is 60.2 Å². The summed E-state index contributed by atoms with van der Waals surface area (Å²) in [5.74, 6) is -0.0830. The predicted octanol–water partition coefficient (Wildman–Crippen LogP) is 4.29. The molecule has 0 spiro atoms. The Morgan fingerprint density at radius 3 is 2.63 bits per heavy atom. The number of hydrogen-bond acceptors (Lipinski definition) is 4. The number of thiophene rings is 1. The molecule has 27 heavy (non-hydrogen) atoms. The van der Waals surface area contributed by atoms with E-state index in [1.807, 2.05) is 30.6 Å². The highest BCUT2D eigenvalue weighted by Crippen LogP contribution is 2.25. The highest BCUT2D eigenvalue weighted by Gasteiger charge is 2.19. The molecule has 4 rings (SSSR count). The Balaban J connectivity index is 1.61. The SMILES string of the molecule is CCc1ccc(CN(C)C(=O)c2cnn3c(-c4cccs4)ccnc23)cc1. The van der Waals surface area contributed by atoms with E-state index in [0.29, 0.717) is 17.8 Å². The van der Waals surface area contributed by atoms with Gasteiger partial charge >= 0.3 is 0 Å². The minimum atomic E-state index is -0.0830. The molecule has 0 radical (unpaired) electrons. The molecule has 0 fully saturated rings. The average Bonchev–Trinajstić information content (AvgIpc) is 3.37. The van der Waals surface area contributed by atoms with Crippen molar-refractivity contribution in [3.05, 3.63) is 76.9 Å². The molecule has 0 bridgehead atoms. The van der Waals surface area contributed by atoms with Gasteiger partial charge in [0.05, 0.1) is 16.8 Å². The number of carbonyl (C=O) groups excluding carboxylic acids is 1. The van der Waals surface area contributed by atoms with E-state index in [1.165, 1.54) is 5.56 Å². The zero-order valence-electron chi connectivity index (χ0n) is 15.3. The average molecular weight is 376 g/mol. The summed E-state index contributed by atoms with van der Waals surface area (Å²) in [6.07, 6.45) is 4.35. The number of aryl methyl sites for hydroxylation is 1. The maximum atomic E-state index is 13.0. The van der Waals surface area contributed by atoms with E-state index in [1.54, 1.807) is 33.1 Å². The predicted molar refractivity (Wildman–Crippen MR) is 108 cm³/mol. The van der Waals surface area contributed by atoms with Crippen molar-refractivity contribution in [3.63, 3.8) is 0 Å². The van der Waals surface area contributed by atoms with Crippen LogP contribution in [0.2, 0.25) is 0 Å². The van der Waals surface area contributed by atoms with Crippen molar-refractivity contribution in [1.29, 1.82) is 0 Å². The number of carbonyl (C=O) groups is 1. The topological polar surface area (TPSA) is 50.5 Å². The first-order valence-corrected chi connectivity index (χ1v) is 9.75. The largest absolute Gasteiger partial charge is 0.337 e. The minimum absolute atomic E-state index is 0.0830. The van der Waals surface area contributed by atoms with E-state index in [9.17, 15) is 4.79 Å². The van der Waals surface area contributed by atoms with Gasteiger partial charge in [0.1, 0.15) is 5.56 Å². The molecule has 0 unspecified atom stereocenters. The van der Waals surface area contributed by atoms with Crippen molar-refractivity contribution >= 4 is 22.9 Å². The summed E-state index contributed by atoms with van der Waals surface area (Å²) in [7, 11) is 1.81. The van der Waals surface area contributed by atoms with Crippen LogP contribution < -0.4 is 0 Å². The Labute approximate surface area is 161 Å². The van der Waals surface area contributed by atoms with Crippen molar-refractivity contribution < 1.29 is 4.79 Å². The third-order valence-electron chi connectivity index (χ3n) is 4.60. The Morgan fingerprint density at radius 2 is 1.93 bits per heavy atom. The second kappa shape index (κ2) is 7.32. The second-order valence-corrected chi connectivity index (χ2v) is 7.38. The maximum absolute atomic E-state index is 13.0. The van der Waals surface area contributed by atoms with E-state index in [0.717, 1.165) is 22.6 Å². The van der Waals surface area contributed by atoms with Crippen LogP contribution in [-0.2, 0) is 13.0 Å². The lowest BCUT2D eigenvalue weighted by Crippen LogP contribution is -2.26. The van der Waals surface area contributed by atoms with Crippen molar-refractivity contribution in [3.8, 4) is 10.6 Å². The van der Waals surface area contributed by atoms with Crippen molar-refractivity contribution in [2.75, 3.05) is 7.05 Å². The normalized spacial score (nSPS) is 11.0. The van der Waals surface area contributed by atoms with Crippen LogP contribution in [0.25, 0.3) is 16.2 Å².